The van der Waals surface area contributed by atoms with Gasteiger partial charge in [-0.1, -0.05) is 50.2 Å². The molecule has 0 saturated carbocycles. The highest BCUT2D eigenvalue weighted by molar-refractivity contribution is 7.10. The molecule has 176 valence electrons. The molecule has 0 unspecified atom stereocenters. The summed E-state index contributed by atoms with van der Waals surface area (Å²) in [6, 6.07) is 17.6. The summed E-state index contributed by atoms with van der Waals surface area (Å²) in [6.07, 6.45) is 0. The van der Waals surface area contributed by atoms with E-state index in [0.717, 1.165) is 4.88 Å². The molecule has 0 saturated heterocycles. The number of rotatable bonds is 7. The van der Waals surface area contributed by atoms with Crippen LogP contribution in [0.2, 0.25) is 0 Å². The molecule has 2 atom stereocenters. The van der Waals surface area contributed by atoms with E-state index in [2.05, 4.69) is 19.2 Å². The number of hydrogen-bond donors (Lipinski definition) is 1. The minimum atomic E-state index is -0.637. The zero-order chi connectivity index (χ0) is 24.2. The lowest BCUT2D eigenvalue weighted by Crippen LogP contribution is -2.47. The summed E-state index contributed by atoms with van der Waals surface area (Å²) in [4.78, 5) is 42.7. The van der Waals surface area contributed by atoms with Crippen LogP contribution in [0, 0.1) is 5.92 Å². The van der Waals surface area contributed by atoms with Gasteiger partial charge in [0.2, 0.25) is 5.91 Å². The van der Waals surface area contributed by atoms with Crippen molar-refractivity contribution in [3.05, 3.63) is 87.6 Å². The maximum absolute atomic E-state index is 13.9. The van der Waals surface area contributed by atoms with Crippen molar-refractivity contribution in [1.29, 1.82) is 0 Å². The topological polar surface area (TPSA) is 75.7 Å². The van der Waals surface area contributed by atoms with Gasteiger partial charge in [0.25, 0.3) is 5.91 Å². The summed E-state index contributed by atoms with van der Waals surface area (Å²) < 4.78 is 5.17. The molecule has 2 heterocycles. The molecule has 7 heteroatoms. The quantitative estimate of drug-likeness (QED) is 0.457. The van der Waals surface area contributed by atoms with Crippen molar-refractivity contribution in [2.24, 2.45) is 5.92 Å². The van der Waals surface area contributed by atoms with Crippen LogP contribution in [0.15, 0.2) is 66.0 Å². The van der Waals surface area contributed by atoms with Crippen LogP contribution in [-0.2, 0) is 9.53 Å². The van der Waals surface area contributed by atoms with Crippen molar-refractivity contribution in [3.63, 3.8) is 0 Å². The Kier molecular flexibility index (Phi) is 7.12. The average Bonchev–Trinajstić information content (AvgIpc) is 3.35. The molecule has 3 aromatic rings. The number of carbonyl (C=O) groups is 3. The lowest BCUT2D eigenvalue weighted by atomic mass is 9.81. The Labute approximate surface area is 203 Å². The first kappa shape index (κ1) is 23.7. The van der Waals surface area contributed by atoms with Gasteiger partial charge in [-0.2, -0.15) is 0 Å². The SMILES string of the molecule is CCOC(=O)c1ccccc1NC(=O)[C@@H]1c2ccccc2C(=O)N(CC(C)C)[C@H]1c1cccs1. The second-order valence-corrected chi connectivity index (χ2v) is 9.61. The number of nitrogens with zero attached hydrogens (tertiary/aromatic N) is 1. The van der Waals surface area contributed by atoms with Crippen LogP contribution >= 0.6 is 11.3 Å². The highest BCUT2D eigenvalue weighted by Gasteiger charge is 2.44. The summed E-state index contributed by atoms with van der Waals surface area (Å²) in [5.74, 6) is -1.25. The zero-order valence-corrected chi connectivity index (χ0v) is 20.3. The zero-order valence-electron chi connectivity index (χ0n) is 19.5. The monoisotopic (exact) mass is 476 g/mol. The lowest BCUT2D eigenvalue weighted by Gasteiger charge is -2.42. The van der Waals surface area contributed by atoms with Crippen molar-refractivity contribution >= 4 is 34.8 Å². The van der Waals surface area contributed by atoms with Crippen molar-refractivity contribution in [3.8, 4) is 0 Å². The Bertz CT molecular complexity index is 1190. The predicted molar refractivity (Wildman–Crippen MR) is 133 cm³/mol. The van der Waals surface area contributed by atoms with Crippen LogP contribution in [0.4, 0.5) is 5.69 Å². The normalized spacial score (nSPS) is 17.4. The predicted octanol–water partition coefficient (Wildman–Crippen LogP) is 5.50. The van der Waals surface area contributed by atoms with Crippen molar-refractivity contribution < 1.29 is 19.1 Å². The molecular weight excluding hydrogens is 448 g/mol. The van der Waals surface area contributed by atoms with Crippen LogP contribution in [0.3, 0.4) is 0 Å². The molecule has 0 radical (unpaired) electrons. The Morgan fingerprint density at radius 2 is 1.79 bits per heavy atom. The van der Waals surface area contributed by atoms with Crippen molar-refractivity contribution in [2.75, 3.05) is 18.5 Å². The van der Waals surface area contributed by atoms with Crippen molar-refractivity contribution in [1.82, 2.24) is 4.90 Å². The van der Waals surface area contributed by atoms with Gasteiger partial charge in [-0.05, 0) is 48.1 Å². The molecular formula is C27H28N2O4S. The van der Waals surface area contributed by atoms with Gasteiger partial charge in [0.05, 0.1) is 29.8 Å². The molecule has 0 spiro atoms. The van der Waals surface area contributed by atoms with Crippen LogP contribution < -0.4 is 5.32 Å². The van der Waals surface area contributed by atoms with Gasteiger partial charge < -0.3 is 15.0 Å². The summed E-state index contributed by atoms with van der Waals surface area (Å²) in [5, 5.41) is 4.93. The fraction of sp³-hybridized carbons (Fsp3) is 0.296. The summed E-state index contributed by atoms with van der Waals surface area (Å²) in [6.45, 7) is 6.63. The number of esters is 1. The molecule has 2 aromatic carbocycles. The molecule has 1 N–H and O–H groups in total. The van der Waals surface area contributed by atoms with E-state index in [9.17, 15) is 14.4 Å². The Hall–Kier alpha value is -3.45. The number of amides is 2. The van der Waals surface area contributed by atoms with Crippen LogP contribution in [-0.4, -0.2) is 35.8 Å². The number of fused-ring (bicyclic) bond motifs is 1. The molecule has 2 amide bonds. The van der Waals surface area contributed by atoms with Crippen LogP contribution in [0.5, 0.6) is 0 Å². The number of thiophene rings is 1. The van der Waals surface area contributed by atoms with Crippen molar-refractivity contribution in [2.45, 2.75) is 32.7 Å². The molecule has 1 aliphatic rings. The van der Waals surface area contributed by atoms with Crippen LogP contribution in [0.1, 0.15) is 63.9 Å². The van der Waals surface area contributed by atoms with E-state index in [4.69, 9.17) is 4.74 Å². The average molecular weight is 477 g/mol. The Balaban J connectivity index is 1.79. The molecule has 0 aliphatic carbocycles. The third kappa shape index (κ3) is 4.61. The second-order valence-electron chi connectivity index (χ2n) is 8.63. The minimum absolute atomic E-state index is 0.0707. The Morgan fingerprint density at radius 1 is 1.06 bits per heavy atom. The van der Waals surface area contributed by atoms with E-state index in [0.29, 0.717) is 28.9 Å². The number of ether oxygens (including phenoxy) is 1. The molecule has 4 rings (SSSR count). The Morgan fingerprint density at radius 3 is 2.50 bits per heavy atom. The highest BCUT2D eigenvalue weighted by atomic mass is 32.1. The fourth-order valence-electron chi connectivity index (χ4n) is 4.44. The standard InChI is InChI=1S/C27H28N2O4S/c1-4-33-27(32)20-12-7-8-13-21(20)28-25(30)23-18-10-5-6-11-19(18)26(31)29(16-17(2)3)24(23)22-14-9-15-34-22/h5-15,17,23-24H,4,16H2,1-3H3,(H,28,30)/t23-,24+/m1/s1. The minimum Gasteiger partial charge on any atom is -0.462 e. The molecule has 34 heavy (non-hydrogen) atoms. The smallest absolute Gasteiger partial charge is 0.340 e. The van der Waals surface area contributed by atoms with E-state index in [1.165, 1.54) is 11.3 Å². The van der Waals surface area contributed by atoms with Gasteiger partial charge >= 0.3 is 5.97 Å². The molecule has 0 fully saturated rings. The first-order valence-electron chi connectivity index (χ1n) is 11.4. The van der Waals surface area contributed by atoms with E-state index in [1.807, 2.05) is 40.6 Å². The first-order valence-corrected chi connectivity index (χ1v) is 12.3. The number of nitrogens with one attached hydrogen (secondary N) is 1. The summed E-state index contributed by atoms with van der Waals surface area (Å²) in [7, 11) is 0. The molecule has 6 nitrogen and oxygen atoms in total. The van der Waals surface area contributed by atoms with E-state index in [1.54, 1.807) is 37.3 Å². The maximum atomic E-state index is 13.9. The number of carbonyl (C=O) groups excluding carboxylic acids is 3. The van der Waals surface area contributed by atoms with Gasteiger partial charge in [-0.15, -0.1) is 11.3 Å². The van der Waals surface area contributed by atoms with Crippen LogP contribution in [0.25, 0.3) is 0 Å². The van der Waals surface area contributed by atoms with E-state index < -0.39 is 17.9 Å². The third-order valence-electron chi connectivity index (χ3n) is 5.80. The number of para-hydroxylation sites is 1. The van der Waals surface area contributed by atoms with Gasteiger partial charge in [0, 0.05) is 17.0 Å². The number of benzene rings is 2. The number of anilines is 1. The first-order chi connectivity index (χ1) is 16.4. The van der Waals surface area contributed by atoms with Gasteiger partial charge in [-0.3, -0.25) is 9.59 Å². The molecule has 1 aromatic heterocycles. The second kappa shape index (κ2) is 10.2. The third-order valence-corrected chi connectivity index (χ3v) is 6.74. The highest BCUT2D eigenvalue weighted by Crippen LogP contribution is 2.45. The summed E-state index contributed by atoms with van der Waals surface area (Å²) >= 11 is 1.53. The summed E-state index contributed by atoms with van der Waals surface area (Å²) in [5.41, 5.74) is 1.91. The fourth-order valence-corrected chi connectivity index (χ4v) is 5.31. The maximum Gasteiger partial charge on any atom is 0.340 e. The van der Waals surface area contributed by atoms with E-state index >= 15 is 0 Å². The van der Waals surface area contributed by atoms with Gasteiger partial charge in [-0.25, -0.2) is 4.79 Å². The van der Waals surface area contributed by atoms with Gasteiger partial charge in [0.1, 0.15) is 0 Å². The number of hydrogen-bond acceptors (Lipinski definition) is 5. The lowest BCUT2D eigenvalue weighted by molar-refractivity contribution is -0.119. The molecule has 1 aliphatic heterocycles. The molecule has 0 bridgehead atoms. The van der Waals surface area contributed by atoms with E-state index in [-0.39, 0.29) is 24.3 Å². The van der Waals surface area contributed by atoms with Gasteiger partial charge in [0.15, 0.2) is 0 Å². The largest absolute Gasteiger partial charge is 0.462 e.